The van der Waals surface area contributed by atoms with Gasteiger partial charge in [0, 0.05) is 18.6 Å². The standard InChI is InChI=1S/C17H28N2O2/c1-17(2,18)12-13-5-6-15(16(11-13)20-4)21-14-7-9-19(3)10-8-14/h5-6,11,14H,7-10,12,18H2,1-4H3. The van der Waals surface area contributed by atoms with Crippen LogP contribution in [0.25, 0.3) is 0 Å². The Morgan fingerprint density at radius 2 is 1.90 bits per heavy atom. The summed E-state index contributed by atoms with van der Waals surface area (Å²) < 4.78 is 11.6. The highest BCUT2D eigenvalue weighted by Gasteiger charge is 2.20. The Hall–Kier alpha value is -1.26. The van der Waals surface area contributed by atoms with Crippen molar-refractivity contribution in [3.8, 4) is 11.5 Å². The van der Waals surface area contributed by atoms with Gasteiger partial charge in [-0.1, -0.05) is 6.07 Å². The average Bonchev–Trinajstić information content (AvgIpc) is 2.41. The molecule has 0 aromatic heterocycles. The minimum absolute atomic E-state index is 0.221. The zero-order valence-electron chi connectivity index (χ0n) is 13.7. The largest absolute Gasteiger partial charge is 0.493 e. The number of benzene rings is 1. The molecule has 0 saturated carbocycles. The van der Waals surface area contributed by atoms with E-state index in [1.807, 2.05) is 26.0 Å². The molecule has 0 atom stereocenters. The first-order valence-corrected chi connectivity index (χ1v) is 7.68. The van der Waals surface area contributed by atoms with E-state index in [0.29, 0.717) is 0 Å². The number of piperidine rings is 1. The molecule has 0 amide bonds. The van der Waals surface area contributed by atoms with Gasteiger partial charge in [0.2, 0.25) is 0 Å². The fourth-order valence-corrected chi connectivity index (χ4v) is 2.73. The van der Waals surface area contributed by atoms with Crippen molar-refractivity contribution in [1.82, 2.24) is 4.90 Å². The molecular formula is C17H28N2O2. The van der Waals surface area contributed by atoms with Crippen LogP contribution in [-0.4, -0.2) is 43.8 Å². The Bertz CT molecular complexity index is 460. The lowest BCUT2D eigenvalue weighted by Crippen LogP contribution is -2.35. The summed E-state index contributed by atoms with van der Waals surface area (Å²) in [6, 6.07) is 6.14. The van der Waals surface area contributed by atoms with Gasteiger partial charge in [0.15, 0.2) is 11.5 Å². The van der Waals surface area contributed by atoms with Crippen molar-refractivity contribution in [2.24, 2.45) is 5.73 Å². The molecule has 2 rings (SSSR count). The third kappa shape index (κ3) is 4.90. The number of nitrogens with two attached hydrogens (primary N) is 1. The monoisotopic (exact) mass is 292 g/mol. The molecule has 2 N–H and O–H groups in total. The van der Waals surface area contributed by atoms with Crippen molar-refractivity contribution >= 4 is 0 Å². The SMILES string of the molecule is COc1cc(CC(C)(C)N)ccc1OC1CCN(C)CC1. The van der Waals surface area contributed by atoms with Crippen molar-refractivity contribution < 1.29 is 9.47 Å². The summed E-state index contributed by atoms with van der Waals surface area (Å²) in [6.45, 7) is 6.24. The summed E-state index contributed by atoms with van der Waals surface area (Å²) in [6.07, 6.45) is 3.23. The van der Waals surface area contributed by atoms with Gasteiger partial charge >= 0.3 is 0 Å². The summed E-state index contributed by atoms with van der Waals surface area (Å²) in [5.41, 5.74) is 7.04. The summed E-state index contributed by atoms with van der Waals surface area (Å²) in [5, 5.41) is 0. The quantitative estimate of drug-likeness (QED) is 0.905. The van der Waals surface area contributed by atoms with Crippen molar-refractivity contribution in [2.75, 3.05) is 27.2 Å². The van der Waals surface area contributed by atoms with Crippen molar-refractivity contribution in [1.29, 1.82) is 0 Å². The van der Waals surface area contributed by atoms with Crippen molar-refractivity contribution in [3.63, 3.8) is 0 Å². The lowest BCUT2D eigenvalue weighted by atomic mass is 9.96. The van der Waals surface area contributed by atoms with Crippen LogP contribution in [0.3, 0.4) is 0 Å². The Labute approximate surface area is 128 Å². The highest BCUT2D eigenvalue weighted by atomic mass is 16.5. The third-order valence-corrected chi connectivity index (χ3v) is 3.85. The molecule has 0 aliphatic carbocycles. The minimum Gasteiger partial charge on any atom is -0.493 e. The number of hydrogen-bond donors (Lipinski definition) is 1. The highest BCUT2D eigenvalue weighted by molar-refractivity contribution is 5.43. The molecule has 1 aliphatic rings. The van der Waals surface area contributed by atoms with Gasteiger partial charge in [-0.05, 0) is 57.9 Å². The van der Waals surface area contributed by atoms with Gasteiger partial charge < -0.3 is 20.1 Å². The maximum Gasteiger partial charge on any atom is 0.161 e. The number of ether oxygens (including phenoxy) is 2. The lowest BCUT2D eigenvalue weighted by Gasteiger charge is -2.29. The highest BCUT2D eigenvalue weighted by Crippen LogP contribution is 2.31. The Balaban J connectivity index is 2.06. The fraction of sp³-hybridized carbons (Fsp3) is 0.647. The van der Waals surface area contributed by atoms with Gasteiger partial charge in [-0.3, -0.25) is 0 Å². The normalized spacial score (nSPS) is 17.8. The number of nitrogens with zero attached hydrogens (tertiary/aromatic N) is 1. The van der Waals surface area contributed by atoms with Crippen LogP contribution in [0.5, 0.6) is 11.5 Å². The van der Waals surface area contributed by atoms with Crippen LogP contribution in [0, 0.1) is 0 Å². The van der Waals surface area contributed by atoms with Gasteiger partial charge in [0.05, 0.1) is 7.11 Å². The van der Waals surface area contributed by atoms with Crippen LogP contribution in [0.1, 0.15) is 32.3 Å². The molecule has 118 valence electrons. The van der Waals surface area contributed by atoms with E-state index in [9.17, 15) is 0 Å². The molecule has 0 spiro atoms. The second kappa shape index (κ2) is 6.67. The molecule has 0 bridgehead atoms. The number of methoxy groups -OCH3 is 1. The predicted octanol–water partition coefficient (Wildman–Crippen LogP) is 2.45. The molecular weight excluding hydrogens is 264 g/mol. The third-order valence-electron chi connectivity index (χ3n) is 3.85. The molecule has 1 aromatic carbocycles. The number of hydrogen-bond acceptors (Lipinski definition) is 4. The summed E-state index contributed by atoms with van der Waals surface area (Å²) in [5.74, 6) is 1.64. The van der Waals surface area contributed by atoms with E-state index < -0.39 is 0 Å². The van der Waals surface area contributed by atoms with E-state index in [1.54, 1.807) is 7.11 Å². The number of likely N-dealkylation sites (tertiary alicyclic amines) is 1. The van der Waals surface area contributed by atoms with Gasteiger partial charge in [0.25, 0.3) is 0 Å². The van der Waals surface area contributed by atoms with Crippen LogP contribution in [0.4, 0.5) is 0 Å². The molecule has 1 heterocycles. The predicted molar refractivity (Wildman–Crippen MR) is 86.1 cm³/mol. The first kappa shape index (κ1) is 16.1. The fourth-order valence-electron chi connectivity index (χ4n) is 2.73. The van der Waals surface area contributed by atoms with E-state index in [0.717, 1.165) is 43.9 Å². The second-order valence-electron chi connectivity index (χ2n) is 6.77. The first-order valence-electron chi connectivity index (χ1n) is 7.68. The van der Waals surface area contributed by atoms with Crippen LogP contribution in [0.2, 0.25) is 0 Å². The van der Waals surface area contributed by atoms with Crippen LogP contribution >= 0.6 is 0 Å². The maximum absolute atomic E-state index is 6.13. The van der Waals surface area contributed by atoms with Gasteiger partial charge in [-0.2, -0.15) is 0 Å². The van der Waals surface area contributed by atoms with Crippen LogP contribution in [0.15, 0.2) is 18.2 Å². The van der Waals surface area contributed by atoms with Crippen LogP contribution < -0.4 is 15.2 Å². The van der Waals surface area contributed by atoms with Crippen molar-refractivity contribution in [2.45, 2.75) is 44.8 Å². The smallest absolute Gasteiger partial charge is 0.161 e. The average molecular weight is 292 g/mol. The zero-order chi connectivity index (χ0) is 15.5. The summed E-state index contributed by atoms with van der Waals surface area (Å²) in [4.78, 5) is 2.34. The molecule has 4 nitrogen and oxygen atoms in total. The first-order chi connectivity index (χ1) is 9.87. The molecule has 1 saturated heterocycles. The zero-order valence-corrected chi connectivity index (χ0v) is 13.7. The lowest BCUT2D eigenvalue weighted by molar-refractivity contribution is 0.111. The van der Waals surface area contributed by atoms with E-state index in [-0.39, 0.29) is 11.6 Å². The Kier molecular flexibility index (Phi) is 5.12. The van der Waals surface area contributed by atoms with Gasteiger partial charge in [0.1, 0.15) is 6.10 Å². The topological polar surface area (TPSA) is 47.7 Å². The summed E-state index contributed by atoms with van der Waals surface area (Å²) >= 11 is 0. The van der Waals surface area contributed by atoms with Gasteiger partial charge in [-0.15, -0.1) is 0 Å². The number of rotatable bonds is 5. The second-order valence-corrected chi connectivity index (χ2v) is 6.77. The Morgan fingerprint density at radius 3 is 2.48 bits per heavy atom. The molecule has 1 aromatic rings. The Morgan fingerprint density at radius 1 is 1.24 bits per heavy atom. The van der Waals surface area contributed by atoms with Gasteiger partial charge in [-0.25, -0.2) is 0 Å². The minimum atomic E-state index is -0.221. The van der Waals surface area contributed by atoms with E-state index in [4.69, 9.17) is 15.2 Å². The van der Waals surface area contributed by atoms with Crippen molar-refractivity contribution in [3.05, 3.63) is 23.8 Å². The summed E-state index contributed by atoms with van der Waals surface area (Å²) in [7, 11) is 3.84. The van der Waals surface area contributed by atoms with E-state index in [1.165, 1.54) is 5.56 Å². The van der Waals surface area contributed by atoms with E-state index >= 15 is 0 Å². The molecule has 1 aliphatic heterocycles. The molecule has 0 radical (unpaired) electrons. The molecule has 0 unspecified atom stereocenters. The van der Waals surface area contributed by atoms with E-state index in [2.05, 4.69) is 18.0 Å². The molecule has 1 fully saturated rings. The molecule has 4 heteroatoms. The van der Waals surface area contributed by atoms with Crippen LogP contribution in [-0.2, 0) is 6.42 Å². The maximum atomic E-state index is 6.13. The molecule has 21 heavy (non-hydrogen) atoms.